The van der Waals surface area contributed by atoms with Gasteiger partial charge in [0.1, 0.15) is 0 Å². The average Bonchev–Trinajstić information content (AvgIpc) is 2.53. The van der Waals surface area contributed by atoms with E-state index in [9.17, 15) is 9.59 Å². The van der Waals surface area contributed by atoms with Crippen LogP contribution in [0.15, 0.2) is 12.7 Å². The molecule has 0 aromatic heterocycles. The Morgan fingerprint density at radius 2 is 2.11 bits per heavy atom. The summed E-state index contributed by atoms with van der Waals surface area (Å²) in [5.74, 6) is -0.826. The Kier molecular flexibility index (Phi) is 5.64. The van der Waals surface area contributed by atoms with E-state index in [1.165, 1.54) is 0 Å². The van der Waals surface area contributed by atoms with Gasteiger partial charge in [-0.25, -0.2) is 4.79 Å². The van der Waals surface area contributed by atoms with E-state index in [0.29, 0.717) is 26.2 Å². The summed E-state index contributed by atoms with van der Waals surface area (Å²) >= 11 is 0. The Labute approximate surface area is 107 Å². The number of amides is 2. The monoisotopic (exact) mass is 255 g/mol. The van der Waals surface area contributed by atoms with Crippen LogP contribution in [0.3, 0.4) is 0 Å². The van der Waals surface area contributed by atoms with Crippen LogP contribution in [0.25, 0.3) is 0 Å². The third-order valence-corrected chi connectivity index (χ3v) is 2.94. The molecule has 1 aliphatic heterocycles. The molecule has 0 spiro atoms. The Morgan fingerprint density at radius 1 is 1.39 bits per heavy atom. The van der Waals surface area contributed by atoms with E-state index in [1.54, 1.807) is 11.0 Å². The molecule has 0 saturated carbocycles. The van der Waals surface area contributed by atoms with Crippen LogP contribution in [-0.4, -0.2) is 65.7 Å². The number of hydrogen-bond acceptors (Lipinski definition) is 3. The number of carboxylic acids is 1. The highest BCUT2D eigenvalue weighted by atomic mass is 16.4. The van der Waals surface area contributed by atoms with Crippen LogP contribution in [-0.2, 0) is 4.79 Å². The number of urea groups is 1. The number of carbonyl (C=O) groups is 2. The number of aliphatic carboxylic acids is 1. The number of hydrogen-bond donors (Lipinski definition) is 2. The van der Waals surface area contributed by atoms with Crippen LogP contribution in [0, 0.1) is 0 Å². The molecule has 102 valence electrons. The van der Waals surface area contributed by atoms with Crippen molar-refractivity contribution in [3.63, 3.8) is 0 Å². The van der Waals surface area contributed by atoms with Gasteiger partial charge in [-0.1, -0.05) is 6.08 Å². The van der Waals surface area contributed by atoms with Crippen molar-refractivity contribution >= 4 is 12.0 Å². The highest BCUT2D eigenvalue weighted by molar-refractivity contribution is 5.74. The van der Waals surface area contributed by atoms with E-state index in [1.807, 2.05) is 11.8 Å². The van der Waals surface area contributed by atoms with Crippen molar-refractivity contribution in [3.8, 4) is 0 Å². The summed E-state index contributed by atoms with van der Waals surface area (Å²) in [5, 5.41) is 11.6. The van der Waals surface area contributed by atoms with E-state index in [2.05, 4.69) is 11.9 Å². The predicted molar refractivity (Wildman–Crippen MR) is 68.5 cm³/mol. The number of nitrogens with zero attached hydrogens (tertiary/aromatic N) is 2. The normalized spacial score (nSPS) is 18.8. The largest absolute Gasteiger partial charge is 0.480 e. The SMILES string of the molecule is C=CC(C)NC(=O)N1CCCN(CC(=O)O)CC1. The first-order chi connectivity index (χ1) is 8.52. The number of carboxylic acid groups (broad SMARTS) is 1. The lowest BCUT2D eigenvalue weighted by atomic mass is 10.3. The lowest BCUT2D eigenvalue weighted by molar-refractivity contribution is -0.138. The zero-order valence-corrected chi connectivity index (χ0v) is 10.8. The highest BCUT2D eigenvalue weighted by Gasteiger charge is 2.20. The van der Waals surface area contributed by atoms with Crippen molar-refractivity contribution in [2.24, 2.45) is 0 Å². The van der Waals surface area contributed by atoms with E-state index in [4.69, 9.17) is 5.11 Å². The smallest absolute Gasteiger partial charge is 0.317 e. The van der Waals surface area contributed by atoms with Crippen LogP contribution in [0.4, 0.5) is 4.79 Å². The first-order valence-corrected chi connectivity index (χ1v) is 6.15. The van der Waals surface area contributed by atoms with Crippen LogP contribution in [0.5, 0.6) is 0 Å². The Hall–Kier alpha value is -1.56. The number of nitrogens with one attached hydrogen (secondary N) is 1. The van der Waals surface area contributed by atoms with E-state index >= 15 is 0 Å². The molecule has 6 heteroatoms. The molecule has 1 aliphatic rings. The molecule has 0 aromatic carbocycles. The maximum Gasteiger partial charge on any atom is 0.317 e. The van der Waals surface area contributed by atoms with Gasteiger partial charge in [0.2, 0.25) is 0 Å². The topological polar surface area (TPSA) is 72.9 Å². The van der Waals surface area contributed by atoms with Gasteiger partial charge in [0.25, 0.3) is 0 Å². The van der Waals surface area contributed by atoms with Gasteiger partial charge in [0.05, 0.1) is 6.54 Å². The molecule has 1 saturated heterocycles. The van der Waals surface area contributed by atoms with Crippen molar-refractivity contribution in [1.82, 2.24) is 15.1 Å². The van der Waals surface area contributed by atoms with E-state index in [-0.39, 0.29) is 18.6 Å². The fraction of sp³-hybridized carbons (Fsp3) is 0.667. The van der Waals surface area contributed by atoms with Gasteiger partial charge < -0.3 is 15.3 Å². The lowest BCUT2D eigenvalue weighted by Crippen LogP contribution is -2.45. The minimum Gasteiger partial charge on any atom is -0.480 e. The summed E-state index contributed by atoms with van der Waals surface area (Å²) in [6.45, 7) is 8.05. The number of carbonyl (C=O) groups excluding carboxylic acids is 1. The molecule has 1 heterocycles. The summed E-state index contributed by atoms with van der Waals surface area (Å²) in [4.78, 5) is 26.1. The second kappa shape index (κ2) is 7.00. The fourth-order valence-corrected chi connectivity index (χ4v) is 1.87. The van der Waals surface area contributed by atoms with Crippen molar-refractivity contribution in [3.05, 3.63) is 12.7 Å². The molecule has 1 unspecified atom stereocenters. The summed E-state index contributed by atoms with van der Waals surface area (Å²) in [6, 6.07) is -0.171. The fourth-order valence-electron chi connectivity index (χ4n) is 1.87. The van der Waals surface area contributed by atoms with Crippen LogP contribution in [0.1, 0.15) is 13.3 Å². The lowest BCUT2D eigenvalue weighted by Gasteiger charge is -2.23. The molecule has 2 N–H and O–H groups in total. The minimum absolute atomic E-state index is 0.0402. The molecule has 1 fully saturated rings. The summed E-state index contributed by atoms with van der Waals surface area (Å²) in [5.41, 5.74) is 0. The van der Waals surface area contributed by atoms with Gasteiger partial charge in [-0.3, -0.25) is 9.69 Å². The minimum atomic E-state index is -0.826. The van der Waals surface area contributed by atoms with Gasteiger partial charge in [0, 0.05) is 32.2 Å². The molecule has 0 bridgehead atoms. The summed E-state index contributed by atoms with van der Waals surface area (Å²) in [6.07, 6.45) is 2.47. The maximum atomic E-state index is 11.9. The molecule has 1 rings (SSSR count). The second-order valence-electron chi connectivity index (χ2n) is 4.48. The van der Waals surface area contributed by atoms with E-state index in [0.717, 1.165) is 6.42 Å². The van der Waals surface area contributed by atoms with Gasteiger partial charge in [-0.05, 0) is 13.3 Å². The molecular weight excluding hydrogens is 234 g/mol. The van der Waals surface area contributed by atoms with Crippen LogP contribution in [0.2, 0.25) is 0 Å². The van der Waals surface area contributed by atoms with Crippen LogP contribution >= 0.6 is 0 Å². The van der Waals surface area contributed by atoms with Crippen molar-refractivity contribution in [2.45, 2.75) is 19.4 Å². The van der Waals surface area contributed by atoms with Crippen molar-refractivity contribution in [1.29, 1.82) is 0 Å². The first kappa shape index (κ1) is 14.5. The Bertz CT molecular complexity index is 320. The molecule has 1 atom stereocenters. The quantitative estimate of drug-likeness (QED) is 0.712. The van der Waals surface area contributed by atoms with Gasteiger partial charge in [-0.15, -0.1) is 6.58 Å². The first-order valence-electron chi connectivity index (χ1n) is 6.15. The third kappa shape index (κ3) is 4.75. The highest BCUT2D eigenvalue weighted by Crippen LogP contribution is 2.03. The molecule has 0 radical (unpaired) electrons. The third-order valence-electron chi connectivity index (χ3n) is 2.94. The molecule has 0 aromatic rings. The van der Waals surface area contributed by atoms with Crippen molar-refractivity contribution in [2.75, 3.05) is 32.7 Å². The standard InChI is InChI=1S/C12H21N3O3/c1-3-10(2)13-12(18)15-6-4-5-14(7-8-15)9-11(16)17/h3,10H,1,4-9H2,2H3,(H,13,18)(H,16,17). The van der Waals surface area contributed by atoms with Crippen molar-refractivity contribution < 1.29 is 14.7 Å². The van der Waals surface area contributed by atoms with E-state index < -0.39 is 5.97 Å². The second-order valence-corrected chi connectivity index (χ2v) is 4.48. The summed E-state index contributed by atoms with van der Waals surface area (Å²) in [7, 11) is 0. The molecule has 0 aliphatic carbocycles. The predicted octanol–water partition coefficient (Wildman–Crippen LogP) is 0.363. The zero-order chi connectivity index (χ0) is 13.5. The van der Waals surface area contributed by atoms with Gasteiger partial charge >= 0.3 is 12.0 Å². The number of rotatable bonds is 4. The average molecular weight is 255 g/mol. The molecule has 18 heavy (non-hydrogen) atoms. The molecule has 2 amide bonds. The Morgan fingerprint density at radius 3 is 2.72 bits per heavy atom. The van der Waals surface area contributed by atoms with Gasteiger partial charge in [-0.2, -0.15) is 0 Å². The maximum absolute atomic E-state index is 11.9. The van der Waals surface area contributed by atoms with Crippen LogP contribution < -0.4 is 5.32 Å². The summed E-state index contributed by atoms with van der Waals surface area (Å²) < 4.78 is 0. The molecule has 6 nitrogen and oxygen atoms in total. The molecular formula is C12H21N3O3. The Balaban J connectivity index is 2.43. The zero-order valence-electron chi connectivity index (χ0n) is 10.8. The van der Waals surface area contributed by atoms with Gasteiger partial charge in [0.15, 0.2) is 0 Å².